The molecule has 0 bridgehead atoms. The molecule has 1 rings (SSSR count). The van der Waals surface area contributed by atoms with Gasteiger partial charge in [-0.25, -0.2) is 0 Å². The number of rotatable bonds is 4. The summed E-state index contributed by atoms with van der Waals surface area (Å²) in [7, 11) is 0. The fraction of sp³-hybridized carbons (Fsp3) is 1.00. The van der Waals surface area contributed by atoms with E-state index in [-0.39, 0.29) is 0 Å². The predicted molar refractivity (Wildman–Crippen MR) is 62.3 cm³/mol. The van der Waals surface area contributed by atoms with Gasteiger partial charge in [-0.1, -0.05) is 6.92 Å². The Morgan fingerprint density at radius 3 is 2.21 bits per heavy atom. The first-order valence-electron chi connectivity index (χ1n) is 6.07. The van der Waals surface area contributed by atoms with Crippen molar-refractivity contribution in [1.29, 1.82) is 0 Å². The molecule has 0 spiro atoms. The summed E-state index contributed by atoms with van der Waals surface area (Å²) in [5.41, 5.74) is 5.65. The molecule has 2 N–H and O–H groups in total. The Balaban J connectivity index is 2.22. The molecule has 1 aliphatic heterocycles. The molecular weight excluding hydrogens is 172 g/mol. The van der Waals surface area contributed by atoms with Crippen molar-refractivity contribution in [1.82, 2.24) is 4.90 Å². The number of hydrogen-bond acceptors (Lipinski definition) is 2. The molecule has 0 radical (unpaired) electrons. The third-order valence-electron chi connectivity index (χ3n) is 3.52. The monoisotopic (exact) mass is 198 g/mol. The third kappa shape index (κ3) is 3.58. The SMILES string of the molecule is CC(CN)CC1CCN(C(C)C)CC1. The Bertz CT molecular complexity index is 148. The minimum Gasteiger partial charge on any atom is -0.330 e. The third-order valence-corrected chi connectivity index (χ3v) is 3.52. The van der Waals surface area contributed by atoms with E-state index in [0.717, 1.165) is 18.5 Å². The summed E-state index contributed by atoms with van der Waals surface area (Å²) in [6.45, 7) is 10.3. The van der Waals surface area contributed by atoms with Gasteiger partial charge in [0, 0.05) is 6.04 Å². The molecule has 1 aliphatic rings. The highest BCUT2D eigenvalue weighted by molar-refractivity contribution is 4.75. The van der Waals surface area contributed by atoms with Gasteiger partial charge in [-0.2, -0.15) is 0 Å². The lowest BCUT2D eigenvalue weighted by atomic mass is 9.87. The van der Waals surface area contributed by atoms with E-state index >= 15 is 0 Å². The highest BCUT2D eigenvalue weighted by Crippen LogP contribution is 2.24. The fourth-order valence-electron chi connectivity index (χ4n) is 2.37. The maximum atomic E-state index is 5.65. The van der Waals surface area contributed by atoms with Crippen molar-refractivity contribution >= 4 is 0 Å². The minimum atomic E-state index is 0.714. The Hall–Kier alpha value is -0.0800. The van der Waals surface area contributed by atoms with E-state index in [4.69, 9.17) is 5.73 Å². The zero-order valence-corrected chi connectivity index (χ0v) is 10.00. The standard InChI is InChI=1S/C12H26N2/c1-10(2)14-6-4-12(5-7-14)8-11(3)9-13/h10-12H,4-9,13H2,1-3H3. The average molecular weight is 198 g/mol. The number of hydrogen-bond donors (Lipinski definition) is 1. The number of nitrogens with zero attached hydrogens (tertiary/aromatic N) is 1. The van der Waals surface area contributed by atoms with Gasteiger partial charge >= 0.3 is 0 Å². The van der Waals surface area contributed by atoms with Crippen molar-refractivity contribution in [2.45, 2.75) is 46.1 Å². The summed E-state index contributed by atoms with van der Waals surface area (Å²) in [5.74, 6) is 1.65. The van der Waals surface area contributed by atoms with Gasteiger partial charge in [0.1, 0.15) is 0 Å². The van der Waals surface area contributed by atoms with Gasteiger partial charge in [0.25, 0.3) is 0 Å². The van der Waals surface area contributed by atoms with Gasteiger partial charge in [0.2, 0.25) is 0 Å². The van der Waals surface area contributed by atoms with Crippen LogP contribution in [0.1, 0.15) is 40.0 Å². The molecule has 0 saturated carbocycles. The van der Waals surface area contributed by atoms with Crippen LogP contribution >= 0.6 is 0 Å². The van der Waals surface area contributed by atoms with Crippen molar-refractivity contribution < 1.29 is 0 Å². The van der Waals surface area contributed by atoms with Crippen molar-refractivity contribution in [3.8, 4) is 0 Å². The Labute approximate surface area is 88.8 Å². The van der Waals surface area contributed by atoms with Gasteiger partial charge in [-0.05, 0) is 64.6 Å². The van der Waals surface area contributed by atoms with Crippen LogP contribution in [0.15, 0.2) is 0 Å². The molecule has 1 unspecified atom stereocenters. The van der Waals surface area contributed by atoms with Crippen LogP contribution in [-0.2, 0) is 0 Å². The molecule has 14 heavy (non-hydrogen) atoms. The Morgan fingerprint density at radius 2 is 1.79 bits per heavy atom. The lowest BCUT2D eigenvalue weighted by Crippen LogP contribution is -2.38. The molecule has 84 valence electrons. The molecule has 0 aliphatic carbocycles. The fourth-order valence-corrected chi connectivity index (χ4v) is 2.37. The first-order chi connectivity index (χ1) is 6.63. The van der Waals surface area contributed by atoms with Crippen molar-refractivity contribution in [3.05, 3.63) is 0 Å². The van der Waals surface area contributed by atoms with Gasteiger partial charge in [0.15, 0.2) is 0 Å². The average Bonchev–Trinajstić information content (AvgIpc) is 2.18. The molecule has 0 aromatic rings. The van der Waals surface area contributed by atoms with Gasteiger partial charge < -0.3 is 10.6 Å². The van der Waals surface area contributed by atoms with Crippen LogP contribution in [0, 0.1) is 11.8 Å². The molecule has 0 aromatic carbocycles. The summed E-state index contributed by atoms with van der Waals surface area (Å²) < 4.78 is 0. The molecule has 0 aromatic heterocycles. The summed E-state index contributed by atoms with van der Waals surface area (Å²) in [6.07, 6.45) is 4.09. The van der Waals surface area contributed by atoms with Crippen LogP contribution in [0.4, 0.5) is 0 Å². The summed E-state index contributed by atoms with van der Waals surface area (Å²) in [6, 6.07) is 0.725. The zero-order valence-electron chi connectivity index (χ0n) is 10.00. The van der Waals surface area contributed by atoms with E-state index in [0.29, 0.717) is 5.92 Å². The normalized spacial score (nSPS) is 22.9. The molecule has 0 amide bonds. The highest BCUT2D eigenvalue weighted by Gasteiger charge is 2.21. The van der Waals surface area contributed by atoms with Gasteiger partial charge in [-0.3, -0.25) is 0 Å². The first kappa shape index (κ1) is 12.0. The smallest absolute Gasteiger partial charge is 0.00385 e. The van der Waals surface area contributed by atoms with E-state index in [1.807, 2.05) is 0 Å². The zero-order chi connectivity index (χ0) is 10.6. The predicted octanol–water partition coefficient (Wildman–Crippen LogP) is 2.09. The van der Waals surface area contributed by atoms with E-state index in [2.05, 4.69) is 25.7 Å². The minimum absolute atomic E-state index is 0.714. The second-order valence-corrected chi connectivity index (χ2v) is 5.15. The molecule has 2 heteroatoms. The summed E-state index contributed by atoms with van der Waals surface area (Å²) in [4.78, 5) is 2.59. The largest absolute Gasteiger partial charge is 0.330 e. The van der Waals surface area contributed by atoms with E-state index in [1.165, 1.54) is 32.4 Å². The second kappa shape index (κ2) is 5.72. The summed E-state index contributed by atoms with van der Waals surface area (Å²) in [5, 5.41) is 0. The second-order valence-electron chi connectivity index (χ2n) is 5.15. The van der Waals surface area contributed by atoms with Crippen LogP contribution in [0.5, 0.6) is 0 Å². The first-order valence-corrected chi connectivity index (χ1v) is 6.07. The van der Waals surface area contributed by atoms with E-state index in [1.54, 1.807) is 0 Å². The van der Waals surface area contributed by atoms with Crippen molar-refractivity contribution in [3.63, 3.8) is 0 Å². The van der Waals surface area contributed by atoms with Crippen LogP contribution in [0.3, 0.4) is 0 Å². The van der Waals surface area contributed by atoms with E-state index < -0.39 is 0 Å². The molecule has 1 heterocycles. The highest BCUT2D eigenvalue weighted by atomic mass is 15.1. The number of likely N-dealkylation sites (tertiary alicyclic amines) is 1. The maximum Gasteiger partial charge on any atom is 0.00385 e. The lowest BCUT2D eigenvalue weighted by Gasteiger charge is -2.35. The number of nitrogens with two attached hydrogens (primary N) is 1. The lowest BCUT2D eigenvalue weighted by molar-refractivity contribution is 0.139. The maximum absolute atomic E-state index is 5.65. The quantitative estimate of drug-likeness (QED) is 0.749. The van der Waals surface area contributed by atoms with Crippen molar-refractivity contribution in [2.75, 3.05) is 19.6 Å². The van der Waals surface area contributed by atoms with Crippen LogP contribution in [0.25, 0.3) is 0 Å². The molecule has 2 nitrogen and oxygen atoms in total. The molecular formula is C12H26N2. The molecule has 1 fully saturated rings. The Morgan fingerprint density at radius 1 is 1.21 bits per heavy atom. The molecule has 1 saturated heterocycles. The topological polar surface area (TPSA) is 29.3 Å². The van der Waals surface area contributed by atoms with Gasteiger partial charge in [-0.15, -0.1) is 0 Å². The molecule has 1 atom stereocenters. The van der Waals surface area contributed by atoms with Crippen LogP contribution < -0.4 is 5.73 Å². The van der Waals surface area contributed by atoms with Crippen LogP contribution in [0.2, 0.25) is 0 Å². The van der Waals surface area contributed by atoms with Crippen molar-refractivity contribution in [2.24, 2.45) is 17.6 Å². The van der Waals surface area contributed by atoms with Gasteiger partial charge in [0.05, 0.1) is 0 Å². The van der Waals surface area contributed by atoms with Crippen LogP contribution in [-0.4, -0.2) is 30.6 Å². The van der Waals surface area contributed by atoms with E-state index in [9.17, 15) is 0 Å². The summed E-state index contributed by atoms with van der Waals surface area (Å²) >= 11 is 0. The Kier molecular flexibility index (Phi) is 4.90. The number of piperidine rings is 1.